The molecule has 0 aromatic rings. The quantitative estimate of drug-likeness (QED) is 0.675. The number of aliphatic hydroxyl groups excluding tert-OH is 1. The Morgan fingerprint density at radius 1 is 1.10 bits per heavy atom. The molecule has 5 heteroatoms. The third-order valence-corrected chi connectivity index (χ3v) is 4.30. The average molecular weight is 298 g/mol. The van der Waals surface area contributed by atoms with Crippen LogP contribution in [0.3, 0.4) is 0 Å². The van der Waals surface area contributed by atoms with E-state index in [9.17, 15) is 9.90 Å². The number of urea groups is 1. The normalized spacial score (nSPS) is 22.1. The average Bonchev–Trinajstić information content (AvgIpc) is 3.23. The Balaban J connectivity index is 1.52. The van der Waals surface area contributed by atoms with Crippen molar-refractivity contribution >= 4 is 6.03 Å². The van der Waals surface area contributed by atoms with Crippen LogP contribution in [0.5, 0.6) is 0 Å². The summed E-state index contributed by atoms with van der Waals surface area (Å²) in [5, 5.41) is 15.5. The molecule has 1 atom stereocenters. The van der Waals surface area contributed by atoms with Gasteiger partial charge >= 0.3 is 6.03 Å². The van der Waals surface area contributed by atoms with Gasteiger partial charge in [0.15, 0.2) is 0 Å². The van der Waals surface area contributed by atoms with Gasteiger partial charge in [0, 0.05) is 19.2 Å². The Hall–Kier alpha value is -0.810. The molecule has 2 fully saturated rings. The summed E-state index contributed by atoms with van der Waals surface area (Å²) in [7, 11) is 0. The summed E-state index contributed by atoms with van der Waals surface area (Å²) in [6.07, 6.45) is 10.3. The number of rotatable bonds is 7. The van der Waals surface area contributed by atoms with E-state index in [1.54, 1.807) is 0 Å². The smallest absolute Gasteiger partial charge is 0.315 e. The van der Waals surface area contributed by atoms with Crippen LogP contribution in [-0.4, -0.2) is 43.0 Å². The van der Waals surface area contributed by atoms with Crippen LogP contribution in [0.15, 0.2) is 0 Å². The summed E-state index contributed by atoms with van der Waals surface area (Å²) in [4.78, 5) is 11.8. The topological polar surface area (TPSA) is 70.6 Å². The number of hydrogen-bond donors (Lipinski definition) is 3. The van der Waals surface area contributed by atoms with Crippen molar-refractivity contribution in [2.45, 2.75) is 69.9 Å². The molecular formula is C16H30N2O3. The second-order valence-electron chi connectivity index (χ2n) is 6.53. The number of carbonyl (C=O) groups is 1. The lowest BCUT2D eigenvalue weighted by molar-refractivity contribution is 0.0337. The van der Waals surface area contributed by atoms with E-state index < -0.39 is 6.10 Å². The van der Waals surface area contributed by atoms with Gasteiger partial charge in [0.1, 0.15) is 0 Å². The maximum absolute atomic E-state index is 11.8. The van der Waals surface area contributed by atoms with Crippen LogP contribution in [0.4, 0.5) is 4.79 Å². The van der Waals surface area contributed by atoms with E-state index in [1.807, 2.05) is 0 Å². The van der Waals surface area contributed by atoms with Crippen LogP contribution in [0.1, 0.15) is 57.8 Å². The SMILES string of the molecule is O=C(NCC(O)COCC1CC1)NC1CCCCCCC1. The molecule has 3 N–H and O–H groups in total. The highest BCUT2D eigenvalue weighted by atomic mass is 16.5. The number of carbonyl (C=O) groups excluding carboxylic acids is 1. The zero-order valence-corrected chi connectivity index (χ0v) is 13.0. The van der Waals surface area contributed by atoms with E-state index in [2.05, 4.69) is 10.6 Å². The van der Waals surface area contributed by atoms with Gasteiger partial charge in [0.2, 0.25) is 0 Å². The summed E-state index contributed by atoms with van der Waals surface area (Å²) >= 11 is 0. The van der Waals surface area contributed by atoms with Crippen molar-refractivity contribution in [3.63, 3.8) is 0 Å². The molecule has 0 bridgehead atoms. The summed E-state index contributed by atoms with van der Waals surface area (Å²) in [5.41, 5.74) is 0. The third-order valence-electron chi connectivity index (χ3n) is 4.30. The fraction of sp³-hybridized carbons (Fsp3) is 0.938. The lowest BCUT2D eigenvalue weighted by atomic mass is 9.97. The van der Waals surface area contributed by atoms with Gasteiger partial charge in [-0.3, -0.25) is 0 Å². The first kappa shape index (κ1) is 16.6. The molecule has 0 aliphatic heterocycles. The number of nitrogens with one attached hydrogen (secondary N) is 2. The monoisotopic (exact) mass is 298 g/mol. The first-order chi connectivity index (χ1) is 10.2. The van der Waals surface area contributed by atoms with Gasteiger partial charge in [-0.2, -0.15) is 0 Å². The molecule has 2 saturated carbocycles. The van der Waals surface area contributed by atoms with Crippen LogP contribution in [0.25, 0.3) is 0 Å². The second kappa shape index (κ2) is 9.26. The Morgan fingerprint density at radius 2 is 1.76 bits per heavy atom. The molecule has 0 saturated heterocycles. The van der Waals surface area contributed by atoms with Crippen molar-refractivity contribution in [3.05, 3.63) is 0 Å². The molecule has 0 heterocycles. The molecule has 2 amide bonds. The van der Waals surface area contributed by atoms with Crippen LogP contribution < -0.4 is 10.6 Å². The summed E-state index contributed by atoms with van der Waals surface area (Å²) in [5.74, 6) is 0.702. The standard InChI is InChI=1S/C16H30N2O3/c19-15(12-21-11-13-8-9-13)10-17-16(20)18-14-6-4-2-1-3-5-7-14/h13-15,19H,1-12H2,(H2,17,18,20). The predicted molar refractivity (Wildman–Crippen MR) is 82.2 cm³/mol. The zero-order valence-electron chi connectivity index (χ0n) is 13.0. The molecule has 0 aromatic heterocycles. The first-order valence-electron chi connectivity index (χ1n) is 8.54. The lowest BCUT2D eigenvalue weighted by Gasteiger charge is -2.21. The van der Waals surface area contributed by atoms with Gasteiger partial charge in [-0.15, -0.1) is 0 Å². The molecule has 2 aliphatic rings. The molecule has 122 valence electrons. The molecule has 0 spiro atoms. The Labute approximate surface area is 127 Å². The van der Waals surface area contributed by atoms with E-state index in [4.69, 9.17) is 4.74 Å². The molecule has 5 nitrogen and oxygen atoms in total. The number of amides is 2. The maximum Gasteiger partial charge on any atom is 0.315 e. The third kappa shape index (κ3) is 7.67. The minimum absolute atomic E-state index is 0.165. The van der Waals surface area contributed by atoms with Gasteiger partial charge in [0.05, 0.1) is 12.7 Å². The zero-order chi connectivity index (χ0) is 14.9. The summed E-state index contributed by atoms with van der Waals surface area (Å²) in [6.45, 7) is 1.30. The highest BCUT2D eigenvalue weighted by Crippen LogP contribution is 2.28. The van der Waals surface area contributed by atoms with E-state index in [-0.39, 0.29) is 18.6 Å². The van der Waals surface area contributed by atoms with E-state index in [0.717, 1.165) is 19.4 Å². The van der Waals surface area contributed by atoms with Crippen molar-refractivity contribution in [3.8, 4) is 0 Å². The van der Waals surface area contributed by atoms with Gasteiger partial charge in [-0.25, -0.2) is 4.79 Å². The van der Waals surface area contributed by atoms with E-state index in [0.29, 0.717) is 12.5 Å². The minimum atomic E-state index is -0.619. The fourth-order valence-corrected chi connectivity index (χ4v) is 2.76. The maximum atomic E-state index is 11.8. The molecule has 2 aliphatic carbocycles. The molecule has 1 unspecified atom stereocenters. The van der Waals surface area contributed by atoms with Gasteiger partial charge < -0.3 is 20.5 Å². The first-order valence-corrected chi connectivity index (χ1v) is 8.54. The van der Waals surface area contributed by atoms with Crippen molar-refractivity contribution < 1.29 is 14.6 Å². The van der Waals surface area contributed by atoms with Crippen molar-refractivity contribution in [1.82, 2.24) is 10.6 Å². The van der Waals surface area contributed by atoms with E-state index >= 15 is 0 Å². The Kier molecular flexibility index (Phi) is 7.30. The summed E-state index contributed by atoms with van der Waals surface area (Å²) < 4.78 is 5.41. The van der Waals surface area contributed by atoms with Gasteiger partial charge in [-0.05, 0) is 31.6 Å². The van der Waals surface area contributed by atoms with Crippen molar-refractivity contribution in [2.75, 3.05) is 19.8 Å². The molecule has 21 heavy (non-hydrogen) atoms. The molecule has 0 aromatic carbocycles. The van der Waals surface area contributed by atoms with E-state index in [1.165, 1.54) is 44.9 Å². The minimum Gasteiger partial charge on any atom is -0.389 e. The van der Waals surface area contributed by atoms with Crippen molar-refractivity contribution in [1.29, 1.82) is 0 Å². The Bertz CT molecular complexity index is 300. The number of ether oxygens (including phenoxy) is 1. The summed E-state index contributed by atoms with van der Waals surface area (Å²) in [6, 6.07) is 0.121. The predicted octanol–water partition coefficient (Wildman–Crippen LogP) is 2.19. The molecular weight excluding hydrogens is 268 g/mol. The van der Waals surface area contributed by atoms with Crippen LogP contribution >= 0.6 is 0 Å². The van der Waals surface area contributed by atoms with Crippen LogP contribution in [0, 0.1) is 5.92 Å². The van der Waals surface area contributed by atoms with Gasteiger partial charge in [-0.1, -0.05) is 32.1 Å². The largest absolute Gasteiger partial charge is 0.389 e. The van der Waals surface area contributed by atoms with Crippen molar-refractivity contribution in [2.24, 2.45) is 5.92 Å². The lowest BCUT2D eigenvalue weighted by Crippen LogP contribution is -2.45. The molecule has 2 rings (SSSR count). The number of hydrogen-bond acceptors (Lipinski definition) is 3. The Morgan fingerprint density at radius 3 is 2.43 bits per heavy atom. The number of aliphatic hydroxyl groups is 1. The van der Waals surface area contributed by atoms with Gasteiger partial charge in [0.25, 0.3) is 0 Å². The fourth-order valence-electron chi connectivity index (χ4n) is 2.76. The van der Waals surface area contributed by atoms with Crippen LogP contribution in [-0.2, 0) is 4.74 Å². The highest BCUT2D eigenvalue weighted by Gasteiger charge is 2.21. The highest BCUT2D eigenvalue weighted by molar-refractivity contribution is 5.74. The van der Waals surface area contributed by atoms with Crippen LogP contribution in [0.2, 0.25) is 0 Å². The molecule has 0 radical (unpaired) electrons. The second-order valence-corrected chi connectivity index (χ2v) is 6.53.